The van der Waals surface area contributed by atoms with Gasteiger partial charge in [0.2, 0.25) is 5.91 Å². The molecule has 3 aromatic rings. The number of halogens is 1. The number of thioether (sulfide) groups is 1. The summed E-state index contributed by atoms with van der Waals surface area (Å²) in [5.74, 6) is 1.92. The van der Waals surface area contributed by atoms with E-state index in [-0.39, 0.29) is 23.2 Å². The van der Waals surface area contributed by atoms with Crippen LogP contribution in [0.1, 0.15) is 62.0 Å². The van der Waals surface area contributed by atoms with Crippen LogP contribution in [0, 0.1) is 22.7 Å². The molecule has 1 aliphatic carbocycles. The molecule has 2 unspecified atom stereocenters. The summed E-state index contributed by atoms with van der Waals surface area (Å²) in [6, 6.07) is 9.94. The summed E-state index contributed by atoms with van der Waals surface area (Å²) in [7, 11) is 0. The molecule has 2 aromatic heterocycles. The van der Waals surface area contributed by atoms with E-state index in [0.29, 0.717) is 34.0 Å². The molecule has 1 N–H and O–H groups in total. The number of thiophene rings is 1. The molecule has 0 saturated heterocycles. The second kappa shape index (κ2) is 12.1. The average Bonchev–Trinajstić information content (AvgIpc) is 3.43. The third-order valence-corrected chi connectivity index (χ3v) is 9.40. The molecular weight excluding hydrogens is 582 g/mol. The highest BCUT2D eigenvalue weighted by Crippen LogP contribution is 2.44. The number of carbonyl (C=O) groups is 1. The lowest BCUT2D eigenvalue weighted by Gasteiger charge is -2.33. The van der Waals surface area contributed by atoms with Crippen LogP contribution in [-0.4, -0.2) is 26.4 Å². The molecule has 1 aromatic carbocycles. The number of fused-ring (bicyclic) bond motifs is 1. The molecule has 0 aliphatic heterocycles. The minimum absolute atomic E-state index is 0.148. The van der Waals surface area contributed by atoms with Crippen molar-refractivity contribution in [2.45, 2.75) is 64.8 Å². The maximum Gasteiger partial charge on any atom is 0.235 e. The molecule has 7 nitrogen and oxygen atoms in total. The molecule has 1 amide bonds. The summed E-state index contributed by atoms with van der Waals surface area (Å²) in [6.45, 7) is 13.1. The number of rotatable bonds is 9. The summed E-state index contributed by atoms with van der Waals surface area (Å²) < 4.78 is 8.94. The van der Waals surface area contributed by atoms with E-state index in [1.54, 1.807) is 17.4 Å². The van der Waals surface area contributed by atoms with Gasteiger partial charge in [-0.1, -0.05) is 54.5 Å². The van der Waals surface area contributed by atoms with Crippen molar-refractivity contribution in [2.24, 2.45) is 11.3 Å². The van der Waals surface area contributed by atoms with Crippen LogP contribution in [0.25, 0.3) is 0 Å². The number of ether oxygens (including phenoxy) is 1. The minimum Gasteiger partial charge on any atom is -0.483 e. The molecule has 10 heteroatoms. The molecule has 0 fully saturated rings. The molecule has 1 aliphatic rings. The van der Waals surface area contributed by atoms with E-state index in [0.717, 1.165) is 35.0 Å². The second-order valence-corrected chi connectivity index (χ2v) is 13.4. The summed E-state index contributed by atoms with van der Waals surface area (Å²) in [4.78, 5) is 14.2. The molecule has 0 saturated carbocycles. The second-order valence-electron chi connectivity index (χ2n) is 10.4. The van der Waals surface area contributed by atoms with Gasteiger partial charge in [-0.15, -0.1) is 28.1 Å². The van der Waals surface area contributed by atoms with E-state index >= 15 is 0 Å². The predicted octanol–water partition coefficient (Wildman–Crippen LogP) is 7.18. The Labute approximate surface area is 240 Å². The molecular formula is C28H32BrN5O2S2. The highest BCUT2D eigenvalue weighted by Gasteiger charge is 2.32. The third-order valence-electron chi connectivity index (χ3n) is 6.73. The van der Waals surface area contributed by atoms with Crippen LogP contribution < -0.4 is 10.1 Å². The summed E-state index contributed by atoms with van der Waals surface area (Å²) in [6.07, 6.45) is 4.32. The standard InChI is InChI=1S/C28H32BrN5O2S2/c1-6-13-34-25(17(2)36-20-10-8-19(29)9-11-20)32-33-27(34)37-16-24(35)31-26-22(15-30)21-12-7-18(28(3,4)5)14-23(21)38-26/h6,8-11,17-18H,1,7,12-14,16H2,2-5H3,(H,31,35). The van der Waals surface area contributed by atoms with Crippen LogP contribution in [0.5, 0.6) is 5.75 Å². The number of allylic oxidation sites excluding steroid dienone is 1. The number of nitriles is 1. The minimum atomic E-state index is -0.348. The van der Waals surface area contributed by atoms with E-state index in [9.17, 15) is 10.1 Å². The zero-order valence-corrected chi connectivity index (χ0v) is 25.3. The van der Waals surface area contributed by atoms with Gasteiger partial charge in [-0.3, -0.25) is 9.36 Å². The number of hydrogen-bond acceptors (Lipinski definition) is 7. The number of amides is 1. The average molecular weight is 615 g/mol. The maximum absolute atomic E-state index is 12.9. The SMILES string of the molecule is C=CCn1c(SCC(=O)Nc2sc3c(c2C#N)CCC(C(C)(C)C)C3)nnc1C(C)Oc1ccc(Br)cc1. The molecule has 200 valence electrons. The summed E-state index contributed by atoms with van der Waals surface area (Å²) in [5, 5.41) is 22.8. The van der Waals surface area contributed by atoms with Crippen LogP contribution in [-0.2, 0) is 24.2 Å². The van der Waals surface area contributed by atoms with Crippen LogP contribution in [0.4, 0.5) is 5.00 Å². The summed E-state index contributed by atoms with van der Waals surface area (Å²) >= 11 is 6.28. The third kappa shape index (κ3) is 6.50. The molecule has 2 atom stereocenters. The number of nitrogens with one attached hydrogen (secondary N) is 1. The number of anilines is 1. The van der Waals surface area contributed by atoms with Crippen molar-refractivity contribution >= 4 is 49.9 Å². The number of aromatic nitrogens is 3. The Balaban J connectivity index is 1.43. The highest BCUT2D eigenvalue weighted by molar-refractivity contribution is 9.10. The Hall–Kier alpha value is -2.61. The van der Waals surface area contributed by atoms with Crippen molar-refractivity contribution < 1.29 is 9.53 Å². The Bertz CT molecular complexity index is 1350. The van der Waals surface area contributed by atoms with Gasteiger partial charge in [-0.25, -0.2) is 0 Å². The zero-order valence-electron chi connectivity index (χ0n) is 22.1. The van der Waals surface area contributed by atoms with E-state index in [1.165, 1.54) is 16.6 Å². The number of benzene rings is 1. The quantitative estimate of drug-likeness (QED) is 0.203. The lowest BCUT2D eigenvalue weighted by molar-refractivity contribution is -0.113. The predicted molar refractivity (Wildman–Crippen MR) is 157 cm³/mol. The number of carbonyl (C=O) groups excluding carboxylic acids is 1. The first-order valence-corrected chi connectivity index (χ1v) is 15.1. The fourth-order valence-corrected chi connectivity index (χ4v) is 6.92. The van der Waals surface area contributed by atoms with E-state index in [2.05, 4.69) is 64.9 Å². The van der Waals surface area contributed by atoms with Crippen LogP contribution in [0.3, 0.4) is 0 Å². The first-order valence-electron chi connectivity index (χ1n) is 12.5. The molecule has 0 spiro atoms. The largest absolute Gasteiger partial charge is 0.483 e. The van der Waals surface area contributed by atoms with Gasteiger partial charge in [-0.05, 0) is 67.3 Å². The highest BCUT2D eigenvalue weighted by atomic mass is 79.9. The lowest BCUT2D eigenvalue weighted by atomic mass is 9.72. The molecule has 38 heavy (non-hydrogen) atoms. The first-order chi connectivity index (χ1) is 18.1. The van der Waals surface area contributed by atoms with Crippen molar-refractivity contribution in [2.75, 3.05) is 11.1 Å². The van der Waals surface area contributed by atoms with Crippen molar-refractivity contribution in [1.82, 2.24) is 14.8 Å². The molecule has 4 rings (SSSR count). The monoisotopic (exact) mass is 613 g/mol. The van der Waals surface area contributed by atoms with Crippen LogP contribution >= 0.6 is 39.0 Å². The van der Waals surface area contributed by atoms with E-state index in [1.807, 2.05) is 35.8 Å². The van der Waals surface area contributed by atoms with Gasteiger partial charge in [0.05, 0.1) is 11.3 Å². The maximum atomic E-state index is 12.9. The van der Waals surface area contributed by atoms with Gasteiger partial charge in [0.1, 0.15) is 16.8 Å². The first kappa shape index (κ1) is 28.4. The normalized spacial score (nSPS) is 15.8. The van der Waals surface area contributed by atoms with E-state index in [4.69, 9.17) is 4.74 Å². The molecule has 0 bridgehead atoms. The molecule has 2 heterocycles. The van der Waals surface area contributed by atoms with Gasteiger partial charge in [0, 0.05) is 15.9 Å². The number of nitrogens with zero attached hydrogens (tertiary/aromatic N) is 4. The van der Waals surface area contributed by atoms with Gasteiger partial charge < -0.3 is 10.1 Å². The fraction of sp³-hybridized carbons (Fsp3) is 0.429. The Kier molecular flexibility index (Phi) is 9.01. The van der Waals surface area contributed by atoms with Crippen molar-refractivity contribution in [3.05, 3.63) is 63.2 Å². The van der Waals surface area contributed by atoms with Gasteiger partial charge in [0.25, 0.3) is 0 Å². The van der Waals surface area contributed by atoms with Crippen LogP contribution in [0.2, 0.25) is 0 Å². The Morgan fingerprint density at radius 1 is 1.39 bits per heavy atom. The number of hydrogen-bond donors (Lipinski definition) is 1. The van der Waals surface area contributed by atoms with Crippen molar-refractivity contribution in [1.29, 1.82) is 5.26 Å². The zero-order chi connectivity index (χ0) is 27.4. The fourth-order valence-electron chi connectivity index (χ4n) is 4.60. The van der Waals surface area contributed by atoms with Gasteiger partial charge >= 0.3 is 0 Å². The Morgan fingerprint density at radius 2 is 2.13 bits per heavy atom. The van der Waals surface area contributed by atoms with Gasteiger partial charge in [-0.2, -0.15) is 5.26 Å². The van der Waals surface area contributed by atoms with E-state index < -0.39 is 0 Å². The lowest BCUT2D eigenvalue weighted by Crippen LogP contribution is -2.26. The molecule has 0 radical (unpaired) electrons. The van der Waals surface area contributed by atoms with Crippen molar-refractivity contribution in [3.8, 4) is 11.8 Å². The Morgan fingerprint density at radius 3 is 2.79 bits per heavy atom. The topological polar surface area (TPSA) is 92.8 Å². The van der Waals surface area contributed by atoms with Gasteiger partial charge in [0.15, 0.2) is 17.1 Å². The smallest absolute Gasteiger partial charge is 0.235 e. The van der Waals surface area contributed by atoms with Crippen molar-refractivity contribution in [3.63, 3.8) is 0 Å². The van der Waals surface area contributed by atoms with Crippen LogP contribution in [0.15, 0.2) is 46.5 Å². The summed E-state index contributed by atoms with van der Waals surface area (Å²) in [5.41, 5.74) is 1.94.